The second kappa shape index (κ2) is 6.74. The standard InChI is InChI=1S/C14H17N2O5/c1-14(2,12(15)19)21-13(20)16-10(11(17)18)8-9-6-4-3-5-7-9/h3-7,10,15H,8H2,1-2H3,(H,16,20)(H,17,18)/t10-/m0/s1. The molecule has 1 aromatic carbocycles. The van der Waals surface area contributed by atoms with E-state index in [1.165, 1.54) is 13.8 Å². The first-order valence-corrected chi connectivity index (χ1v) is 6.24. The molecular weight excluding hydrogens is 276 g/mol. The first-order chi connectivity index (χ1) is 9.72. The van der Waals surface area contributed by atoms with Gasteiger partial charge in [0.1, 0.15) is 6.04 Å². The van der Waals surface area contributed by atoms with Crippen LogP contribution in [0.3, 0.4) is 0 Å². The highest BCUT2D eigenvalue weighted by Crippen LogP contribution is 2.10. The van der Waals surface area contributed by atoms with Gasteiger partial charge in [-0.1, -0.05) is 30.3 Å². The average Bonchev–Trinajstić information content (AvgIpc) is 2.38. The molecular formula is C14H17N2O5. The highest BCUT2D eigenvalue weighted by Gasteiger charge is 2.32. The number of carbonyl (C=O) groups excluding carboxylic acids is 2. The molecule has 1 rings (SSSR count). The van der Waals surface area contributed by atoms with Crippen molar-refractivity contribution in [1.29, 1.82) is 0 Å². The molecule has 7 heteroatoms. The van der Waals surface area contributed by atoms with E-state index in [4.69, 9.17) is 15.6 Å². The molecule has 2 amide bonds. The molecule has 0 bridgehead atoms. The number of hydrogen-bond donors (Lipinski definition) is 2. The quantitative estimate of drug-likeness (QED) is 0.811. The maximum atomic E-state index is 11.6. The molecule has 0 aliphatic rings. The summed E-state index contributed by atoms with van der Waals surface area (Å²) < 4.78 is 4.77. The lowest BCUT2D eigenvalue weighted by Crippen LogP contribution is -2.47. The number of aliphatic carboxylic acids is 1. The lowest BCUT2D eigenvalue weighted by Gasteiger charge is -2.22. The number of benzene rings is 1. The summed E-state index contributed by atoms with van der Waals surface area (Å²) in [6.07, 6.45) is -0.968. The Balaban J connectivity index is 2.69. The molecule has 1 aromatic rings. The summed E-state index contributed by atoms with van der Waals surface area (Å²) in [5.41, 5.74) is 6.07. The van der Waals surface area contributed by atoms with Crippen LogP contribution < -0.4 is 11.1 Å². The van der Waals surface area contributed by atoms with Crippen LogP contribution in [-0.4, -0.2) is 34.7 Å². The predicted octanol–water partition coefficient (Wildman–Crippen LogP) is 0.997. The van der Waals surface area contributed by atoms with E-state index in [-0.39, 0.29) is 6.42 Å². The number of hydrogen-bond acceptors (Lipinski definition) is 4. The SMILES string of the molecule is CC(C)(OC(=O)N[C@@H](Cc1ccccc1)C(=O)O)C([NH])=O. The zero-order valence-corrected chi connectivity index (χ0v) is 11.8. The Morgan fingerprint density at radius 2 is 1.86 bits per heavy atom. The van der Waals surface area contributed by atoms with Crippen LogP contribution in [-0.2, 0) is 20.7 Å². The van der Waals surface area contributed by atoms with E-state index < -0.39 is 29.6 Å². The minimum absolute atomic E-state index is 0.0839. The van der Waals surface area contributed by atoms with Crippen molar-refractivity contribution >= 4 is 18.0 Å². The minimum atomic E-state index is -1.63. The molecule has 0 spiro atoms. The van der Waals surface area contributed by atoms with E-state index in [0.29, 0.717) is 0 Å². The summed E-state index contributed by atoms with van der Waals surface area (Å²) in [5, 5.41) is 11.3. The third-order valence-electron chi connectivity index (χ3n) is 2.77. The number of nitrogens with one attached hydrogen (secondary N) is 2. The molecule has 0 heterocycles. The minimum Gasteiger partial charge on any atom is -0.480 e. The Morgan fingerprint density at radius 1 is 1.29 bits per heavy atom. The largest absolute Gasteiger partial charge is 0.480 e. The molecule has 7 nitrogen and oxygen atoms in total. The van der Waals surface area contributed by atoms with Gasteiger partial charge in [0.2, 0.25) is 0 Å². The topological polar surface area (TPSA) is 116 Å². The average molecular weight is 293 g/mol. The van der Waals surface area contributed by atoms with E-state index in [0.717, 1.165) is 5.56 Å². The molecule has 21 heavy (non-hydrogen) atoms. The fourth-order valence-electron chi connectivity index (χ4n) is 1.50. The number of carboxylic acids is 1. The third kappa shape index (κ3) is 5.13. The van der Waals surface area contributed by atoms with Gasteiger partial charge in [0.05, 0.1) is 0 Å². The first kappa shape index (κ1) is 16.5. The lowest BCUT2D eigenvalue weighted by molar-refractivity contribution is -0.139. The Hall–Kier alpha value is -2.57. The molecule has 0 aromatic heterocycles. The van der Waals surface area contributed by atoms with Crippen molar-refractivity contribution in [3.8, 4) is 0 Å². The fourth-order valence-corrected chi connectivity index (χ4v) is 1.50. The van der Waals surface area contributed by atoms with Crippen LogP contribution in [0.4, 0.5) is 4.79 Å². The highest BCUT2D eigenvalue weighted by molar-refractivity contribution is 5.86. The van der Waals surface area contributed by atoms with E-state index in [9.17, 15) is 14.4 Å². The third-order valence-corrected chi connectivity index (χ3v) is 2.77. The van der Waals surface area contributed by atoms with Gasteiger partial charge < -0.3 is 15.2 Å². The first-order valence-electron chi connectivity index (χ1n) is 6.24. The van der Waals surface area contributed by atoms with Gasteiger partial charge >= 0.3 is 12.1 Å². The zero-order valence-electron chi connectivity index (χ0n) is 11.8. The second-order valence-electron chi connectivity index (χ2n) is 4.95. The van der Waals surface area contributed by atoms with Gasteiger partial charge in [-0.2, -0.15) is 0 Å². The summed E-state index contributed by atoms with van der Waals surface area (Å²) in [5.74, 6) is -2.29. The van der Waals surface area contributed by atoms with Crippen molar-refractivity contribution in [3.05, 3.63) is 35.9 Å². The molecule has 0 saturated carbocycles. The summed E-state index contributed by atoms with van der Waals surface area (Å²) >= 11 is 0. The van der Waals surface area contributed by atoms with Crippen molar-refractivity contribution in [2.24, 2.45) is 0 Å². The summed E-state index contributed by atoms with van der Waals surface area (Å²) in [6, 6.07) is 7.60. The van der Waals surface area contributed by atoms with Gasteiger partial charge in [0.25, 0.3) is 5.91 Å². The van der Waals surface area contributed by atoms with Crippen LogP contribution >= 0.6 is 0 Å². The summed E-state index contributed by atoms with van der Waals surface area (Å²) in [6.45, 7) is 2.52. The Labute approximate surface area is 122 Å². The molecule has 0 aliphatic carbocycles. The zero-order chi connectivity index (χ0) is 16.0. The van der Waals surface area contributed by atoms with Crippen molar-refractivity contribution < 1.29 is 24.2 Å². The smallest absolute Gasteiger partial charge is 0.408 e. The molecule has 0 fully saturated rings. The summed E-state index contributed by atoms with van der Waals surface area (Å²) in [4.78, 5) is 33.8. The van der Waals surface area contributed by atoms with Gasteiger partial charge in [-0.25, -0.2) is 9.59 Å². The maximum Gasteiger partial charge on any atom is 0.408 e. The van der Waals surface area contributed by atoms with E-state index in [1.807, 2.05) is 0 Å². The highest BCUT2D eigenvalue weighted by atomic mass is 16.6. The Bertz CT molecular complexity index is 527. The monoisotopic (exact) mass is 293 g/mol. The predicted molar refractivity (Wildman–Crippen MR) is 73.4 cm³/mol. The van der Waals surface area contributed by atoms with E-state index in [1.54, 1.807) is 30.3 Å². The van der Waals surface area contributed by atoms with Gasteiger partial charge in [-0.05, 0) is 19.4 Å². The van der Waals surface area contributed by atoms with Crippen LogP contribution in [0, 0.1) is 0 Å². The van der Waals surface area contributed by atoms with Crippen molar-refractivity contribution in [2.75, 3.05) is 0 Å². The molecule has 113 valence electrons. The maximum absolute atomic E-state index is 11.6. The number of ether oxygens (including phenoxy) is 1. The fraction of sp³-hybridized carbons (Fsp3) is 0.357. The molecule has 0 aliphatic heterocycles. The van der Waals surface area contributed by atoms with E-state index in [2.05, 4.69) is 5.32 Å². The van der Waals surface area contributed by atoms with Crippen LogP contribution in [0.1, 0.15) is 19.4 Å². The van der Waals surface area contributed by atoms with Gasteiger partial charge in [0.15, 0.2) is 5.60 Å². The normalized spacial score (nSPS) is 12.3. The van der Waals surface area contributed by atoms with Crippen molar-refractivity contribution in [2.45, 2.75) is 31.9 Å². The number of rotatable bonds is 6. The lowest BCUT2D eigenvalue weighted by atomic mass is 10.1. The van der Waals surface area contributed by atoms with Crippen LogP contribution in [0.25, 0.3) is 0 Å². The van der Waals surface area contributed by atoms with Crippen LogP contribution in [0.5, 0.6) is 0 Å². The van der Waals surface area contributed by atoms with Crippen LogP contribution in [0.15, 0.2) is 30.3 Å². The molecule has 1 radical (unpaired) electrons. The Morgan fingerprint density at radius 3 is 2.33 bits per heavy atom. The van der Waals surface area contributed by atoms with E-state index >= 15 is 0 Å². The van der Waals surface area contributed by atoms with Crippen LogP contribution in [0.2, 0.25) is 0 Å². The second-order valence-corrected chi connectivity index (χ2v) is 4.95. The van der Waals surface area contributed by atoms with Crippen molar-refractivity contribution in [3.63, 3.8) is 0 Å². The number of amides is 2. The van der Waals surface area contributed by atoms with Crippen molar-refractivity contribution in [1.82, 2.24) is 11.1 Å². The van der Waals surface area contributed by atoms with Gasteiger partial charge in [-0.15, -0.1) is 0 Å². The summed E-state index contributed by atoms with van der Waals surface area (Å²) in [7, 11) is 0. The number of carbonyl (C=O) groups is 3. The van der Waals surface area contributed by atoms with Gasteiger partial charge in [-0.3, -0.25) is 10.5 Å². The molecule has 0 unspecified atom stereocenters. The molecule has 3 N–H and O–H groups in total. The van der Waals surface area contributed by atoms with Gasteiger partial charge in [0, 0.05) is 6.42 Å². The molecule has 1 atom stereocenters. The Kier molecular flexibility index (Phi) is 5.29. The number of alkyl carbamates (subject to hydrolysis) is 1. The molecule has 0 saturated heterocycles. The number of carboxylic acid groups (broad SMARTS) is 1.